The molecule has 2 aliphatic carbocycles. The standard InChI is InChI=1S/C57H107NO10.C4H10.C3H8/c1-9-15-18-21-24-27-38-63-53(62-37-12-4)34-33-52(61)68-48-57-43-49(41-55(7,44-57)46-66-50(59)31-30-36-58(13-5)14-6)42-56(8,45-57)47-67-51(60)32-35-54(64-39-28-25-22-19-16-10-2)65-40-29-26-23-20-17-11-3;1-3-4-2;1-3-2/h49,53-54H,9-48H2,1-8H3;3-4H2,1-2H3;3H2,1-2H3. The highest BCUT2D eigenvalue weighted by atomic mass is 16.7. The smallest absolute Gasteiger partial charge is 0.305 e. The van der Waals surface area contributed by atoms with Gasteiger partial charge in [0.2, 0.25) is 0 Å². The molecule has 0 saturated heterocycles. The minimum absolute atomic E-state index is 0.146. The Balaban J connectivity index is 0.00000735. The summed E-state index contributed by atoms with van der Waals surface area (Å²) in [6.07, 6.45) is 32.2. The third kappa shape index (κ3) is 39.3. The maximum absolute atomic E-state index is 13.5. The van der Waals surface area contributed by atoms with E-state index in [0.29, 0.717) is 64.8 Å². The number of rotatable bonds is 46. The molecule has 11 nitrogen and oxygen atoms in total. The Labute approximate surface area is 464 Å². The Morgan fingerprint density at radius 2 is 0.787 bits per heavy atom. The predicted molar refractivity (Wildman–Crippen MR) is 312 cm³/mol. The van der Waals surface area contributed by atoms with Crippen LogP contribution in [-0.2, 0) is 47.5 Å². The largest absolute Gasteiger partial charge is 0.465 e. The minimum Gasteiger partial charge on any atom is -0.465 e. The van der Waals surface area contributed by atoms with Crippen LogP contribution in [0.4, 0.5) is 0 Å². The first kappa shape index (κ1) is 73.2. The van der Waals surface area contributed by atoms with Gasteiger partial charge in [-0.25, -0.2) is 0 Å². The summed E-state index contributed by atoms with van der Waals surface area (Å²) in [5.74, 6) is -0.312. The Hall–Kier alpha value is -1.79. The number of carbonyl (C=O) groups excluding carboxylic acids is 3. The van der Waals surface area contributed by atoms with Gasteiger partial charge in [-0.15, -0.1) is 0 Å². The SMILES string of the molecule is CCC.CCCC.CCCCCCCCOC(CCC(=O)OCC1(C)CC2CC(C)(COC(=O)CCCN(CC)CC)CC(COC(=O)CCC(OCCC)OCCCCCCCC)(C2)C1)OCCCCCCCC. The third-order valence-electron chi connectivity index (χ3n) is 14.9. The molecule has 75 heavy (non-hydrogen) atoms. The van der Waals surface area contributed by atoms with E-state index in [4.69, 9.17) is 33.2 Å². The molecular formula is C64H125NO10. The lowest BCUT2D eigenvalue weighted by Gasteiger charge is -2.57. The van der Waals surface area contributed by atoms with Crippen LogP contribution in [-0.4, -0.2) is 101 Å². The number of fused-ring (bicyclic) bond motifs is 2. The highest BCUT2D eigenvalue weighted by Gasteiger charge is 2.55. The van der Waals surface area contributed by atoms with Gasteiger partial charge in [-0.3, -0.25) is 14.4 Å². The van der Waals surface area contributed by atoms with Crippen molar-refractivity contribution >= 4 is 17.9 Å². The van der Waals surface area contributed by atoms with Gasteiger partial charge in [-0.1, -0.05) is 199 Å². The van der Waals surface area contributed by atoms with Crippen molar-refractivity contribution in [3.05, 3.63) is 0 Å². The van der Waals surface area contributed by atoms with Crippen LogP contribution in [0.5, 0.6) is 0 Å². The number of ether oxygens (including phenoxy) is 7. The molecular weight excluding hydrogens is 943 g/mol. The van der Waals surface area contributed by atoms with Gasteiger partial charge < -0.3 is 38.1 Å². The topological polar surface area (TPSA) is 119 Å². The molecule has 0 radical (unpaired) electrons. The van der Waals surface area contributed by atoms with Crippen LogP contribution in [0.15, 0.2) is 0 Å². The molecule has 0 N–H and O–H groups in total. The molecule has 0 spiro atoms. The average molecular weight is 1070 g/mol. The maximum Gasteiger partial charge on any atom is 0.305 e. The van der Waals surface area contributed by atoms with E-state index in [1.54, 1.807) is 0 Å². The molecule has 0 heterocycles. The number of unbranched alkanes of at least 4 members (excludes halogenated alkanes) is 16. The van der Waals surface area contributed by atoms with Crippen molar-refractivity contribution in [1.29, 1.82) is 0 Å². The normalized spacial score (nSPS) is 20.5. The molecule has 446 valence electrons. The van der Waals surface area contributed by atoms with E-state index < -0.39 is 12.6 Å². The Bertz CT molecular complexity index is 1310. The first-order valence-corrected chi connectivity index (χ1v) is 31.8. The van der Waals surface area contributed by atoms with Crippen LogP contribution >= 0.6 is 0 Å². The number of hydrogen-bond acceptors (Lipinski definition) is 11. The number of hydrogen-bond donors (Lipinski definition) is 0. The highest BCUT2D eigenvalue weighted by molar-refractivity contribution is 5.70. The molecule has 5 unspecified atom stereocenters. The lowest BCUT2D eigenvalue weighted by atomic mass is 9.49. The van der Waals surface area contributed by atoms with Crippen molar-refractivity contribution < 1.29 is 47.5 Å². The first-order chi connectivity index (χ1) is 36.2. The van der Waals surface area contributed by atoms with Gasteiger partial charge in [0, 0.05) is 61.9 Å². The zero-order valence-electron chi connectivity index (χ0n) is 51.7. The predicted octanol–water partition coefficient (Wildman–Crippen LogP) is 17.3. The van der Waals surface area contributed by atoms with Crippen molar-refractivity contribution in [3.8, 4) is 0 Å². The van der Waals surface area contributed by atoms with Crippen molar-refractivity contribution in [2.75, 3.05) is 65.9 Å². The second-order valence-corrected chi connectivity index (χ2v) is 23.5. The second-order valence-electron chi connectivity index (χ2n) is 23.5. The summed E-state index contributed by atoms with van der Waals surface area (Å²) in [6, 6.07) is 0. The molecule has 0 aromatic rings. The van der Waals surface area contributed by atoms with Crippen LogP contribution in [0, 0.1) is 22.2 Å². The van der Waals surface area contributed by atoms with Crippen LogP contribution in [0.1, 0.15) is 295 Å². The molecule has 0 amide bonds. The van der Waals surface area contributed by atoms with E-state index >= 15 is 0 Å². The third-order valence-corrected chi connectivity index (χ3v) is 14.9. The molecule has 11 heteroatoms. The van der Waals surface area contributed by atoms with E-state index in [0.717, 1.165) is 103 Å². The van der Waals surface area contributed by atoms with Gasteiger partial charge in [0.25, 0.3) is 0 Å². The summed E-state index contributed by atoms with van der Waals surface area (Å²) in [7, 11) is 0. The van der Waals surface area contributed by atoms with Crippen LogP contribution in [0.3, 0.4) is 0 Å². The van der Waals surface area contributed by atoms with E-state index in [-0.39, 0.29) is 53.6 Å². The fraction of sp³-hybridized carbons (Fsp3) is 0.953. The lowest BCUT2D eigenvalue weighted by molar-refractivity contribution is -0.174. The van der Waals surface area contributed by atoms with E-state index in [2.05, 4.69) is 88.0 Å². The Morgan fingerprint density at radius 1 is 0.427 bits per heavy atom. The van der Waals surface area contributed by atoms with E-state index in [9.17, 15) is 14.4 Å². The summed E-state index contributed by atoms with van der Waals surface area (Å²) in [5, 5.41) is 0. The van der Waals surface area contributed by atoms with Crippen molar-refractivity contribution in [1.82, 2.24) is 4.90 Å². The second kappa shape index (κ2) is 48.1. The quantitative estimate of drug-likeness (QED) is 0.0251. The van der Waals surface area contributed by atoms with Crippen molar-refractivity contribution in [2.45, 2.75) is 308 Å². The van der Waals surface area contributed by atoms with Crippen LogP contribution < -0.4 is 0 Å². The molecule has 2 fully saturated rings. The number of nitrogens with zero attached hydrogens (tertiary/aromatic N) is 1. The molecule has 5 atom stereocenters. The first-order valence-electron chi connectivity index (χ1n) is 31.8. The number of esters is 3. The van der Waals surface area contributed by atoms with Crippen LogP contribution in [0.25, 0.3) is 0 Å². The molecule has 2 rings (SSSR count). The summed E-state index contributed by atoms with van der Waals surface area (Å²) in [4.78, 5) is 42.4. The molecule has 0 aliphatic heterocycles. The molecule has 2 bridgehead atoms. The van der Waals surface area contributed by atoms with Gasteiger partial charge in [0.1, 0.15) is 0 Å². The Morgan fingerprint density at radius 3 is 1.16 bits per heavy atom. The summed E-state index contributed by atoms with van der Waals surface area (Å²) >= 11 is 0. The van der Waals surface area contributed by atoms with Crippen molar-refractivity contribution in [3.63, 3.8) is 0 Å². The lowest BCUT2D eigenvalue weighted by Crippen LogP contribution is -2.52. The molecule has 2 aliphatic rings. The summed E-state index contributed by atoms with van der Waals surface area (Å²) in [6.45, 7) is 32.4. The average Bonchev–Trinajstić information content (AvgIpc) is 3.39. The van der Waals surface area contributed by atoms with E-state index in [1.807, 2.05) is 0 Å². The summed E-state index contributed by atoms with van der Waals surface area (Å²) in [5.41, 5.74) is -0.891. The fourth-order valence-corrected chi connectivity index (χ4v) is 11.2. The van der Waals surface area contributed by atoms with Gasteiger partial charge in [-0.05, 0) is 89.8 Å². The van der Waals surface area contributed by atoms with Gasteiger partial charge in [0.15, 0.2) is 12.6 Å². The summed E-state index contributed by atoms with van der Waals surface area (Å²) < 4.78 is 43.0. The molecule has 0 aromatic carbocycles. The molecule has 0 aromatic heterocycles. The van der Waals surface area contributed by atoms with Gasteiger partial charge in [-0.2, -0.15) is 0 Å². The van der Waals surface area contributed by atoms with Crippen molar-refractivity contribution in [2.24, 2.45) is 22.2 Å². The Kier molecular flexibility index (Phi) is 47.0. The van der Waals surface area contributed by atoms with Gasteiger partial charge >= 0.3 is 17.9 Å². The van der Waals surface area contributed by atoms with Gasteiger partial charge in [0.05, 0.1) is 32.7 Å². The zero-order chi connectivity index (χ0) is 55.9. The molecule has 2 saturated carbocycles. The monoisotopic (exact) mass is 1070 g/mol. The van der Waals surface area contributed by atoms with Crippen LogP contribution in [0.2, 0.25) is 0 Å². The minimum atomic E-state index is -0.429. The highest BCUT2D eigenvalue weighted by Crippen LogP contribution is 2.60. The number of carbonyl (C=O) groups is 3. The zero-order valence-corrected chi connectivity index (χ0v) is 51.7. The maximum atomic E-state index is 13.5. The fourth-order valence-electron chi connectivity index (χ4n) is 11.2. The van der Waals surface area contributed by atoms with E-state index in [1.165, 1.54) is 96.3 Å².